The number of likely N-dealkylation sites (tertiary alicyclic amines) is 1. The highest BCUT2D eigenvalue weighted by atomic mass is 15.1. The fraction of sp³-hybridized carbons (Fsp3) is 0.529. The molecule has 3 rings (SSSR count). The molecule has 1 nitrogen and oxygen atoms in total. The van der Waals surface area contributed by atoms with Gasteiger partial charge in [0.1, 0.15) is 0 Å². The van der Waals surface area contributed by atoms with E-state index in [1.165, 1.54) is 38.0 Å². The van der Waals surface area contributed by atoms with E-state index in [2.05, 4.69) is 54.3 Å². The number of rotatable bonds is 3. The number of fused-ring (bicyclic) bond motifs is 1. The summed E-state index contributed by atoms with van der Waals surface area (Å²) in [4.78, 5) is 2.66. The summed E-state index contributed by atoms with van der Waals surface area (Å²) in [5.41, 5.74) is 1.47. The molecule has 1 aliphatic carbocycles. The maximum absolute atomic E-state index is 2.66. The summed E-state index contributed by atoms with van der Waals surface area (Å²) in [5, 5.41) is 0. The summed E-state index contributed by atoms with van der Waals surface area (Å²) in [5.74, 6) is 2.54. The highest BCUT2D eigenvalue weighted by Crippen LogP contribution is 2.34. The van der Waals surface area contributed by atoms with Gasteiger partial charge in [-0.3, -0.25) is 0 Å². The standard InChI is InChI=1S/C17H23N/c1-14-7-8-16-12-18(13-17(16)11-14)10-9-15-5-3-2-4-6-15/h2-8,14,16-17H,9-13H2,1H3. The van der Waals surface area contributed by atoms with Gasteiger partial charge in [-0.2, -0.15) is 0 Å². The second kappa shape index (κ2) is 5.27. The molecule has 18 heavy (non-hydrogen) atoms. The van der Waals surface area contributed by atoms with Gasteiger partial charge in [-0.25, -0.2) is 0 Å². The molecule has 0 aromatic heterocycles. The number of hydrogen-bond donors (Lipinski definition) is 0. The summed E-state index contributed by atoms with van der Waals surface area (Å²) in [6.07, 6.45) is 7.48. The van der Waals surface area contributed by atoms with Crippen LogP contribution in [0.3, 0.4) is 0 Å². The Morgan fingerprint density at radius 1 is 1.11 bits per heavy atom. The summed E-state index contributed by atoms with van der Waals surface area (Å²) >= 11 is 0. The highest BCUT2D eigenvalue weighted by Gasteiger charge is 2.33. The lowest BCUT2D eigenvalue weighted by atomic mass is 9.82. The van der Waals surface area contributed by atoms with Crippen molar-refractivity contribution in [2.75, 3.05) is 19.6 Å². The molecule has 1 aromatic carbocycles. The van der Waals surface area contributed by atoms with Crippen molar-refractivity contribution in [1.29, 1.82) is 0 Å². The average Bonchev–Trinajstić information content (AvgIpc) is 2.79. The molecule has 2 aliphatic rings. The number of allylic oxidation sites excluding steroid dienone is 1. The van der Waals surface area contributed by atoms with Gasteiger partial charge in [-0.1, -0.05) is 49.4 Å². The van der Waals surface area contributed by atoms with Crippen LogP contribution in [-0.4, -0.2) is 24.5 Å². The highest BCUT2D eigenvalue weighted by molar-refractivity contribution is 5.15. The van der Waals surface area contributed by atoms with Crippen molar-refractivity contribution in [2.45, 2.75) is 19.8 Å². The van der Waals surface area contributed by atoms with E-state index in [0.717, 1.165) is 17.8 Å². The number of benzene rings is 1. The molecular formula is C17H23N. The Kier molecular flexibility index (Phi) is 3.51. The molecule has 0 spiro atoms. The Labute approximate surface area is 111 Å². The lowest BCUT2D eigenvalue weighted by molar-refractivity contribution is 0.319. The molecule has 1 fully saturated rings. The first-order valence-electron chi connectivity index (χ1n) is 7.26. The van der Waals surface area contributed by atoms with Crippen LogP contribution in [0.1, 0.15) is 18.9 Å². The van der Waals surface area contributed by atoms with E-state index in [9.17, 15) is 0 Å². The van der Waals surface area contributed by atoms with Crippen molar-refractivity contribution in [1.82, 2.24) is 4.90 Å². The molecule has 1 aliphatic heterocycles. The van der Waals surface area contributed by atoms with Crippen LogP contribution < -0.4 is 0 Å². The second-order valence-corrected chi connectivity index (χ2v) is 6.02. The Morgan fingerprint density at radius 3 is 2.78 bits per heavy atom. The van der Waals surface area contributed by atoms with Crippen LogP contribution in [0, 0.1) is 17.8 Å². The predicted octanol–water partition coefficient (Wildman–Crippen LogP) is 3.37. The van der Waals surface area contributed by atoms with Crippen molar-refractivity contribution in [2.24, 2.45) is 17.8 Å². The van der Waals surface area contributed by atoms with Gasteiger partial charge < -0.3 is 4.90 Å². The van der Waals surface area contributed by atoms with E-state index < -0.39 is 0 Å². The first-order valence-corrected chi connectivity index (χ1v) is 7.26. The molecule has 96 valence electrons. The first kappa shape index (κ1) is 12.0. The van der Waals surface area contributed by atoms with Crippen molar-refractivity contribution in [3.8, 4) is 0 Å². The van der Waals surface area contributed by atoms with Crippen LogP contribution in [0.25, 0.3) is 0 Å². The fourth-order valence-corrected chi connectivity index (χ4v) is 3.46. The van der Waals surface area contributed by atoms with E-state index >= 15 is 0 Å². The minimum Gasteiger partial charge on any atom is -0.302 e. The smallest absolute Gasteiger partial charge is 0.00477 e. The van der Waals surface area contributed by atoms with E-state index in [-0.39, 0.29) is 0 Å². The average molecular weight is 241 g/mol. The van der Waals surface area contributed by atoms with E-state index in [1.54, 1.807) is 0 Å². The minimum atomic E-state index is 0.792. The summed E-state index contributed by atoms with van der Waals surface area (Å²) in [6, 6.07) is 10.9. The lowest BCUT2D eigenvalue weighted by Crippen LogP contribution is -2.23. The zero-order valence-corrected chi connectivity index (χ0v) is 11.3. The summed E-state index contributed by atoms with van der Waals surface area (Å²) < 4.78 is 0. The fourth-order valence-electron chi connectivity index (χ4n) is 3.46. The molecule has 1 heterocycles. The zero-order chi connectivity index (χ0) is 12.4. The lowest BCUT2D eigenvalue weighted by Gasteiger charge is -2.22. The van der Waals surface area contributed by atoms with Crippen molar-refractivity contribution in [3.63, 3.8) is 0 Å². The van der Waals surface area contributed by atoms with E-state index in [0.29, 0.717) is 0 Å². The summed E-state index contributed by atoms with van der Waals surface area (Å²) in [6.45, 7) is 6.16. The second-order valence-electron chi connectivity index (χ2n) is 6.02. The maximum atomic E-state index is 2.66. The van der Waals surface area contributed by atoms with Gasteiger partial charge >= 0.3 is 0 Å². The Balaban J connectivity index is 1.53. The third-order valence-corrected chi connectivity index (χ3v) is 4.49. The third-order valence-electron chi connectivity index (χ3n) is 4.49. The maximum Gasteiger partial charge on any atom is 0.00477 e. The molecule has 3 unspecified atom stereocenters. The van der Waals surface area contributed by atoms with Crippen LogP contribution in [0.4, 0.5) is 0 Å². The number of nitrogens with zero attached hydrogens (tertiary/aromatic N) is 1. The molecule has 1 saturated heterocycles. The van der Waals surface area contributed by atoms with Gasteiger partial charge in [0.05, 0.1) is 0 Å². The van der Waals surface area contributed by atoms with Crippen LogP contribution in [0.5, 0.6) is 0 Å². The largest absolute Gasteiger partial charge is 0.302 e. The van der Waals surface area contributed by atoms with Crippen molar-refractivity contribution >= 4 is 0 Å². The third kappa shape index (κ3) is 2.67. The molecule has 1 heteroatoms. The Bertz CT molecular complexity index is 409. The SMILES string of the molecule is CC1C=CC2CN(CCc3ccccc3)CC2C1. The van der Waals surface area contributed by atoms with E-state index in [4.69, 9.17) is 0 Å². The molecule has 0 radical (unpaired) electrons. The predicted molar refractivity (Wildman–Crippen MR) is 76.5 cm³/mol. The van der Waals surface area contributed by atoms with Gasteiger partial charge in [0.15, 0.2) is 0 Å². The molecule has 3 atom stereocenters. The zero-order valence-electron chi connectivity index (χ0n) is 11.3. The van der Waals surface area contributed by atoms with Crippen LogP contribution >= 0.6 is 0 Å². The van der Waals surface area contributed by atoms with Gasteiger partial charge in [0.2, 0.25) is 0 Å². The van der Waals surface area contributed by atoms with Crippen molar-refractivity contribution < 1.29 is 0 Å². The monoisotopic (exact) mass is 241 g/mol. The van der Waals surface area contributed by atoms with E-state index in [1.807, 2.05) is 0 Å². The van der Waals surface area contributed by atoms with Crippen LogP contribution in [0.15, 0.2) is 42.5 Å². The van der Waals surface area contributed by atoms with Crippen LogP contribution in [-0.2, 0) is 6.42 Å². The minimum absolute atomic E-state index is 0.792. The van der Waals surface area contributed by atoms with Gasteiger partial charge in [0, 0.05) is 19.6 Å². The van der Waals surface area contributed by atoms with Gasteiger partial charge in [-0.05, 0) is 36.2 Å². The van der Waals surface area contributed by atoms with Crippen molar-refractivity contribution in [3.05, 3.63) is 48.0 Å². The van der Waals surface area contributed by atoms with Gasteiger partial charge in [0.25, 0.3) is 0 Å². The topological polar surface area (TPSA) is 3.24 Å². The summed E-state index contributed by atoms with van der Waals surface area (Å²) in [7, 11) is 0. The molecule has 0 saturated carbocycles. The molecule has 1 aromatic rings. The first-order chi connectivity index (χ1) is 8.81. The quantitative estimate of drug-likeness (QED) is 0.733. The normalized spacial score (nSPS) is 31.5. The van der Waals surface area contributed by atoms with Crippen LogP contribution in [0.2, 0.25) is 0 Å². The number of hydrogen-bond acceptors (Lipinski definition) is 1. The molecular weight excluding hydrogens is 218 g/mol. The molecule has 0 amide bonds. The van der Waals surface area contributed by atoms with Gasteiger partial charge in [-0.15, -0.1) is 0 Å². The Hall–Kier alpha value is -1.08. The molecule has 0 N–H and O–H groups in total. The molecule has 0 bridgehead atoms. The Morgan fingerprint density at radius 2 is 1.94 bits per heavy atom.